The molecule has 3 rings (SSSR count). The van der Waals surface area contributed by atoms with Gasteiger partial charge in [0.25, 0.3) is 5.91 Å². The van der Waals surface area contributed by atoms with Gasteiger partial charge in [-0.2, -0.15) is 0 Å². The Labute approximate surface area is 150 Å². The molecule has 1 amide bonds. The molecule has 1 saturated heterocycles. The summed E-state index contributed by atoms with van der Waals surface area (Å²) in [5.74, 6) is -0.126. The topological polar surface area (TPSA) is 23.6 Å². The van der Waals surface area contributed by atoms with E-state index in [1.165, 1.54) is 0 Å². The molecular formula is C17H15Cl3N2O. The lowest BCUT2D eigenvalue weighted by molar-refractivity contribution is 0.0747. The highest BCUT2D eigenvalue weighted by molar-refractivity contribution is 6.39. The van der Waals surface area contributed by atoms with E-state index in [-0.39, 0.29) is 5.91 Å². The number of para-hydroxylation sites is 1. The van der Waals surface area contributed by atoms with Gasteiger partial charge in [-0.15, -0.1) is 0 Å². The van der Waals surface area contributed by atoms with Crippen molar-refractivity contribution >= 4 is 46.4 Å². The molecule has 2 aromatic rings. The molecule has 120 valence electrons. The Morgan fingerprint density at radius 1 is 0.783 bits per heavy atom. The Hall–Kier alpha value is -1.42. The van der Waals surface area contributed by atoms with Crippen LogP contribution < -0.4 is 4.90 Å². The quantitative estimate of drug-likeness (QED) is 0.772. The van der Waals surface area contributed by atoms with E-state index in [9.17, 15) is 4.79 Å². The van der Waals surface area contributed by atoms with Gasteiger partial charge >= 0.3 is 0 Å². The molecule has 3 nitrogen and oxygen atoms in total. The summed E-state index contributed by atoms with van der Waals surface area (Å²) in [4.78, 5) is 16.6. The van der Waals surface area contributed by atoms with Gasteiger partial charge in [0.05, 0.1) is 26.3 Å². The molecule has 1 heterocycles. The van der Waals surface area contributed by atoms with Crippen LogP contribution in [0.2, 0.25) is 15.1 Å². The molecular weight excluding hydrogens is 355 g/mol. The molecule has 0 atom stereocenters. The molecule has 1 aliphatic heterocycles. The first kappa shape index (κ1) is 16.4. The zero-order chi connectivity index (χ0) is 16.4. The number of carbonyl (C=O) groups excluding carboxylic acids is 1. The van der Waals surface area contributed by atoms with Crippen LogP contribution in [0.1, 0.15) is 10.4 Å². The van der Waals surface area contributed by atoms with Crippen LogP contribution in [0.25, 0.3) is 0 Å². The smallest absolute Gasteiger partial charge is 0.257 e. The molecule has 0 aromatic heterocycles. The van der Waals surface area contributed by atoms with E-state index < -0.39 is 0 Å². The van der Waals surface area contributed by atoms with Gasteiger partial charge in [-0.3, -0.25) is 4.79 Å². The number of hydrogen-bond donors (Lipinski definition) is 0. The van der Waals surface area contributed by atoms with Crippen molar-refractivity contribution < 1.29 is 4.79 Å². The van der Waals surface area contributed by atoms with Gasteiger partial charge in [-0.25, -0.2) is 0 Å². The Morgan fingerprint density at radius 2 is 1.35 bits per heavy atom. The number of amides is 1. The normalized spacial score (nSPS) is 14.9. The lowest BCUT2D eigenvalue weighted by Gasteiger charge is -2.36. The first-order chi connectivity index (χ1) is 11.1. The van der Waals surface area contributed by atoms with Crippen molar-refractivity contribution in [3.63, 3.8) is 0 Å². The van der Waals surface area contributed by atoms with Crippen LogP contribution in [0, 0.1) is 0 Å². The number of anilines is 1. The number of rotatable bonds is 2. The van der Waals surface area contributed by atoms with Crippen molar-refractivity contribution in [2.24, 2.45) is 0 Å². The van der Waals surface area contributed by atoms with Gasteiger partial charge in [0.15, 0.2) is 0 Å². The molecule has 0 bridgehead atoms. The highest BCUT2D eigenvalue weighted by Crippen LogP contribution is 2.28. The predicted octanol–water partition coefficient (Wildman–Crippen LogP) is 4.61. The van der Waals surface area contributed by atoms with Crippen LogP contribution in [-0.4, -0.2) is 37.0 Å². The van der Waals surface area contributed by atoms with Gasteiger partial charge in [-0.05, 0) is 24.3 Å². The molecule has 1 fully saturated rings. The van der Waals surface area contributed by atoms with Crippen molar-refractivity contribution in [1.29, 1.82) is 0 Å². The summed E-state index contributed by atoms with van der Waals surface area (Å²) in [5, 5.41) is 1.49. The van der Waals surface area contributed by atoms with Crippen LogP contribution in [-0.2, 0) is 0 Å². The molecule has 0 unspecified atom stereocenters. The monoisotopic (exact) mass is 368 g/mol. The number of benzene rings is 2. The van der Waals surface area contributed by atoms with Crippen LogP contribution in [0.4, 0.5) is 5.69 Å². The number of carbonyl (C=O) groups is 1. The van der Waals surface area contributed by atoms with E-state index in [1.807, 2.05) is 24.3 Å². The maximum absolute atomic E-state index is 12.7. The predicted molar refractivity (Wildman–Crippen MR) is 96.0 cm³/mol. The lowest BCUT2D eigenvalue weighted by Crippen LogP contribution is -2.49. The van der Waals surface area contributed by atoms with Gasteiger partial charge in [0, 0.05) is 26.2 Å². The summed E-state index contributed by atoms with van der Waals surface area (Å²) in [7, 11) is 0. The maximum Gasteiger partial charge on any atom is 0.257 e. The summed E-state index contributed by atoms with van der Waals surface area (Å²) in [6, 6.07) is 12.8. The second-order valence-corrected chi connectivity index (χ2v) is 6.55. The minimum Gasteiger partial charge on any atom is -0.367 e. The first-order valence-corrected chi connectivity index (χ1v) is 8.44. The van der Waals surface area contributed by atoms with Crippen molar-refractivity contribution in [2.75, 3.05) is 31.1 Å². The van der Waals surface area contributed by atoms with Crippen LogP contribution in [0.15, 0.2) is 42.5 Å². The molecule has 0 spiro atoms. The third-order valence-corrected chi connectivity index (χ3v) is 4.89. The zero-order valence-corrected chi connectivity index (χ0v) is 14.6. The average Bonchev–Trinajstić information content (AvgIpc) is 2.55. The van der Waals surface area contributed by atoms with Gasteiger partial charge < -0.3 is 9.80 Å². The molecule has 0 saturated carbocycles. The molecule has 6 heteroatoms. The lowest BCUT2D eigenvalue weighted by atomic mass is 10.1. The minimum atomic E-state index is -0.126. The minimum absolute atomic E-state index is 0.126. The van der Waals surface area contributed by atoms with Crippen LogP contribution in [0.5, 0.6) is 0 Å². The Balaban J connectivity index is 1.72. The Bertz CT molecular complexity index is 707. The summed E-state index contributed by atoms with van der Waals surface area (Å²) < 4.78 is 0. The second-order valence-electron chi connectivity index (χ2n) is 5.33. The van der Waals surface area contributed by atoms with Gasteiger partial charge in [-0.1, -0.05) is 53.0 Å². The highest BCUT2D eigenvalue weighted by Gasteiger charge is 2.25. The fourth-order valence-corrected chi connectivity index (χ4v) is 3.53. The van der Waals surface area contributed by atoms with Crippen molar-refractivity contribution in [3.05, 3.63) is 63.1 Å². The third-order valence-electron chi connectivity index (χ3n) is 3.94. The van der Waals surface area contributed by atoms with E-state index in [1.54, 1.807) is 23.1 Å². The molecule has 0 N–H and O–H groups in total. The molecule has 0 radical (unpaired) electrons. The fourth-order valence-electron chi connectivity index (χ4n) is 2.72. The molecule has 2 aromatic carbocycles. The van der Waals surface area contributed by atoms with E-state index in [0.717, 1.165) is 23.8 Å². The van der Waals surface area contributed by atoms with Crippen LogP contribution >= 0.6 is 34.8 Å². The van der Waals surface area contributed by atoms with E-state index in [4.69, 9.17) is 34.8 Å². The number of nitrogens with zero attached hydrogens (tertiary/aromatic N) is 2. The van der Waals surface area contributed by atoms with E-state index >= 15 is 0 Å². The highest BCUT2D eigenvalue weighted by atomic mass is 35.5. The maximum atomic E-state index is 12.7. The Kier molecular flexibility index (Phi) is 5.00. The zero-order valence-electron chi connectivity index (χ0n) is 12.3. The summed E-state index contributed by atoms with van der Waals surface area (Å²) in [5.41, 5.74) is 1.37. The molecule has 0 aliphatic carbocycles. The van der Waals surface area contributed by atoms with Crippen molar-refractivity contribution in [3.8, 4) is 0 Å². The summed E-state index contributed by atoms with van der Waals surface area (Å²) in [6.07, 6.45) is 0. The summed E-state index contributed by atoms with van der Waals surface area (Å²) in [6.45, 7) is 2.65. The standard InChI is InChI=1S/C17H15Cl3N2O/c18-12-4-1-2-7-15(12)21-8-10-22(11-9-21)17(23)16-13(19)5-3-6-14(16)20/h1-7H,8-11H2. The number of hydrogen-bond acceptors (Lipinski definition) is 2. The van der Waals surface area contributed by atoms with E-state index in [0.29, 0.717) is 28.7 Å². The van der Waals surface area contributed by atoms with E-state index in [2.05, 4.69) is 4.90 Å². The third kappa shape index (κ3) is 3.42. The fraction of sp³-hybridized carbons (Fsp3) is 0.235. The largest absolute Gasteiger partial charge is 0.367 e. The van der Waals surface area contributed by atoms with Crippen molar-refractivity contribution in [2.45, 2.75) is 0 Å². The van der Waals surface area contributed by atoms with Crippen molar-refractivity contribution in [1.82, 2.24) is 4.90 Å². The van der Waals surface area contributed by atoms with Crippen LogP contribution in [0.3, 0.4) is 0 Å². The molecule has 1 aliphatic rings. The SMILES string of the molecule is O=C(c1c(Cl)cccc1Cl)N1CCN(c2ccccc2Cl)CC1. The van der Waals surface area contributed by atoms with Gasteiger partial charge in [0.2, 0.25) is 0 Å². The Morgan fingerprint density at radius 3 is 1.96 bits per heavy atom. The number of halogens is 3. The number of piperazine rings is 1. The molecule has 23 heavy (non-hydrogen) atoms. The second kappa shape index (κ2) is 7.00. The first-order valence-electron chi connectivity index (χ1n) is 7.30. The summed E-state index contributed by atoms with van der Waals surface area (Å²) >= 11 is 18.5. The average molecular weight is 370 g/mol. The van der Waals surface area contributed by atoms with Gasteiger partial charge in [0.1, 0.15) is 0 Å².